The van der Waals surface area contributed by atoms with Crippen LogP contribution in [0.25, 0.3) is 0 Å². The number of nitriles is 1. The standard InChI is InChI=1S/C16H18N2OS/c1-2-3-9-20-16-14(11-17)13(10-15(19)18-16)12-7-5-4-6-8-12/h4-8,13H,2-3,9-10H2,1H3,(H,18,19)/t13-/m1/s1. The van der Waals surface area contributed by atoms with Gasteiger partial charge in [-0.05, 0) is 17.7 Å². The number of nitrogens with zero attached hydrogens (tertiary/aromatic N) is 1. The van der Waals surface area contributed by atoms with E-state index in [0.29, 0.717) is 12.0 Å². The summed E-state index contributed by atoms with van der Waals surface area (Å²) in [5.41, 5.74) is 1.73. The van der Waals surface area contributed by atoms with Gasteiger partial charge in [0.25, 0.3) is 0 Å². The van der Waals surface area contributed by atoms with Gasteiger partial charge in [0.05, 0.1) is 16.7 Å². The number of carbonyl (C=O) groups is 1. The first kappa shape index (κ1) is 14.7. The Morgan fingerprint density at radius 1 is 1.40 bits per heavy atom. The molecule has 0 fully saturated rings. The molecule has 3 nitrogen and oxygen atoms in total. The smallest absolute Gasteiger partial charge is 0.225 e. The first-order chi connectivity index (χ1) is 9.76. The second kappa shape index (κ2) is 7.16. The van der Waals surface area contributed by atoms with Gasteiger partial charge in [0.15, 0.2) is 0 Å². The van der Waals surface area contributed by atoms with Crippen molar-refractivity contribution >= 4 is 17.7 Å². The van der Waals surface area contributed by atoms with Crippen molar-refractivity contribution in [1.29, 1.82) is 5.26 Å². The van der Waals surface area contributed by atoms with E-state index in [2.05, 4.69) is 18.3 Å². The lowest BCUT2D eigenvalue weighted by Crippen LogP contribution is -2.30. The minimum atomic E-state index is -0.112. The van der Waals surface area contributed by atoms with Crippen LogP contribution in [0, 0.1) is 11.3 Å². The SMILES string of the molecule is CCCCSC1=C(C#N)[C@@H](c2ccccc2)CC(=O)N1. The zero-order valence-corrected chi connectivity index (χ0v) is 12.4. The van der Waals surface area contributed by atoms with Crippen LogP contribution in [0.15, 0.2) is 40.9 Å². The van der Waals surface area contributed by atoms with Crippen molar-refractivity contribution in [2.24, 2.45) is 0 Å². The number of thioether (sulfide) groups is 1. The molecule has 20 heavy (non-hydrogen) atoms. The van der Waals surface area contributed by atoms with E-state index in [1.54, 1.807) is 11.8 Å². The normalized spacial score (nSPS) is 18.6. The number of allylic oxidation sites excluding steroid dienone is 1. The topological polar surface area (TPSA) is 52.9 Å². The van der Waals surface area contributed by atoms with Crippen LogP contribution < -0.4 is 5.32 Å². The summed E-state index contributed by atoms with van der Waals surface area (Å²) in [5.74, 6) is 0.814. The van der Waals surface area contributed by atoms with Crippen LogP contribution >= 0.6 is 11.8 Å². The summed E-state index contributed by atoms with van der Waals surface area (Å²) < 4.78 is 0. The predicted octanol–water partition coefficient (Wildman–Crippen LogP) is 3.56. The molecule has 1 atom stereocenters. The molecular weight excluding hydrogens is 268 g/mol. The maximum atomic E-state index is 11.9. The van der Waals surface area contributed by atoms with E-state index in [9.17, 15) is 10.1 Å². The van der Waals surface area contributed by atoms with Gasteiger partial charge in [-0.3, -0.25) is 4.79 Å². The largest absolute Gasteiger partial charge is 0.320 e. The third kappa shape index (κ3) is 3.43. The molecule has 0 unspecified atom stereocenters. The number of amides is 1. The van der Waals surface area contributed by atoms with Gasteiger partial charge in [-0.25, -0.2) is 0 Å². The molecule has 1 aromatic carbocycles. The number of unbranched alkanes of at least 4 members (excludes halogenated alkanes) is 1. The van der Waals surface area contributed by atoms with Crippen molar-refractivity contribution in [2.45, 2.75) is 32.1 Å². The van der Waals surface area contributed by atoms with E-state index in [4.69, 9.17) is 0 Å². The Kier molecular flexibility index (Phi) is 5.25. The first-order valence-corrected chi connectivity index (χ1v) is 7.86. The molecule has 1 N–H and O–H groups in total. The Balaban J connectivity index is 2.28. The van der Waals surface area contributed by atoms with Crippen LogP contribution in [0.4, 0.5) is 0 Å². The van der Waals surface area contributed by atoms with Crippen molar-refractivity contribution < 1.29 is 4.79 Å². The Bertz CT molecular complexity index is 545. The fourth-order valence-corrected chi connectivity index (χ4v) is 3.39. The quantitative estimate of drug-likeness (QED) is 0.842. The Hall–Kier alpha value is -1.73. The second-order valence-electron chi connectivity index (χ2n) is 4.77. The molecule has 1 aliphatic rings. The molecule has 0 bridgehead atoms. The first-order valence-electron chi connectivity index (χ1n) is 6.88. The summed E-state index contributed by atoms with van der Waals surface area (Å²) >= 11 is 1.58. The lowest BCUT2D eigenvalue weighted by Gasteiger charge is -2.25. The molecule has 1 aromatic rings. The van der Waals surface area contributed by atoms with Gasteiger partial charge < -0.3 is 5.32 Å². The highest BCUT2D eigenvalue weighted by Gasteiger charge is 2.29. The fourth-order valence-electron chi connectivity index (χ4n) is 2.22. The van der Waals surface area contributed by atoms with E-state index >= 15 is 0 Å². The Morgan fingerprint density at radius 3 is 2.80 bits per heavy atom. The number of rotatable bonds is 5. The van der Waals surface area contributed by atoms with Crippen LogP contribution in [-0.2, 0) is 4.79 Å². The zero-order chi connectivity index (χ0) is 14.4. The van der Waals surface area contributed by atoms with Crippen LogP contribution in [0.2, 0.25) is 0 Å². The van der Waals surface area contributed by atoms with Crippen LogP contribution in [-0.4, -0.2) is 11.7 Å². The van der Waals surface area contributed by atoms with Gasteiger partial charge in [-0.1, -0.05) is 43.7 Å². The molecule has 1 amide bonds. The van der Waals surface area contributed by atoms with E-state index in [1.807, 2.05) is 30.3 Å². The molecule has 0 spiro atoms. The molecule has 0 aromatic heterocycles. The predicted molar refractivity (Wildman–Crippen MR) is 81.9 cm³/mol. The maximum Gasteiger partial charge on any atom is 0.225 e. The highest BCUT2D eigenvalue weighted by Crippen LogP contribution is 2.35. The number of carbonyl (C=O) groups excluding carboxylic acids is 1. The summed E-state index contributed by atoms with van der Waals surface area (Å²) in [4.78, 5) is 11.9. The van der Waals surface area contributed by atoms with Gasteiger partial charge in [0, 0.05) is 12.3 Å². The molecule has 0 saturated heterocycles. The average Bonchev–Trinajstić information content (AvgIpc) is 2.48. The van der Waals surface area contributed by atoms with Gasteiger partial charge in [0.1, 0.15) is 0 Å². The molecule has 1 heterocycles. The van der Waals surface area contributed by atoms with Crippen LogP contribution in [0.5, 0.6) is 0 Å². The number of hydrogen-bond acceptors (Lipinski definition) is 3. The summed E-state index contributed by atoms with van der Waals surface area (Å²) in [5, 5.41) is 13.1. The van der Waals surface area contributed by atoms with Gasteiger partial charge >= 0.3 is 0 Å². The molecule has 104 valence electrons. The third-order valence-corrected chi connectivity index (χ3v) is 4.41. The summed E-state index contributed by atoms with van der Waals surface area (Å²) in [6, 6.07) is 12.1. The zero-order valence-electron chi connectivity index (χ0n) is 11.6. The van der Waals surface area contributed by atoms with Gasteiger partial charge in [-0.2, -0.15) is 5.26 Å². The van der Waals surface area contributed by atoms with E-state index in [-0.39, 0.29) is 11.8 Å². The highest BCUT2D eigenvalue weighted by molar-refractivity contribution is 8.03. The average molecular weight is 286 g/mol. The highest BCUT2D eigenvalue weighted by atomic mass is 32.2. The van der Waals surface area contributed by atoms with Crippen molar-refractivity contribution in [3.8, 4) is 6.07 Å². The molecule has 1 aliphatic heterocycles. The van der Waals surface area contributed by atoms with Crippen molar-refractivity contribution in [1.82, 2.24) is 5.32 Å². The minimum Gasteiger partial charge on any atom is -0.320 e. The molecule has 2 rings (SSSR count). The molecule has 0 radical (unpaired) electrons. The lowest BCUT2D eigenvalue weighted by atomic mass is 9.87. The monoisotopic (exact) mass is 286 g/mol. The molecular formula is C16H18N2OS. The Labute approximate surface area is 124 Å². The maximum absolute atomic E-state index is 11.9. The summed E-state index contributed by atoms with van der Waals surface area (Å²) in [6.45, 7) is 2.13. The minimum absolute atomic E-state index is 0.00292. The fraction of sp³-hybridized carbons (Fsp3) is 0.375. The van der Waals surface area contributed by atoms with Gasteiger partial charge in [0.2, 0.25) is 5.91 Å². The summed E-state index contributed by atoms with van der Waals surface area (Å²) in [6.07, 6.45) is 2.54. The van der Waals surface area contributed by atoms with Crippen LogP contribution in [0.3, 0.4) is 0 Å². The van der Waals surface area contributed by atoms with E-state index in [0.717, 1.165) is 29.2 Å². The molecule has 0 aliphatic carbocycles. The van der Waals surface area contributed by atoms with Gasteiger partial charge in [-0.15, -0.1) is 11.8 Å². The van der Waals surface area contributed by atoms with Crippen molar-refractivity contribution in [3.05, 3.63) is 46.5 Å². The Morgan fingerprint density at radius 2 is 2.15 bits per heavy atom. The molecule has 0 saturated carbocycles. The lowest BCUT2D eigenvalue weighted by molar-refractivity contribution is -0.120. The van der Waals surface area contributed by atoms with E-state index < -0.39 is 0 Å². The molecule has 4 heteroatoms. The van der Waals surface area contributed by atoms with Crippen molar-refractivity contribution in [3.63, 3.8) is 0 Å². The van der Waals surface area contributed by atoms with E-state index in [1.165, 1.54) is 0 Å². The number of benzene rings is 1. The second-order valence-corrected chi connectivity index (χ2v) is 5.88. The van der Waals surface area contributed by atoms with Crippen molar-refractivity contribution in [2.75, 3.05) is 5.75 Å². The van der Waals surface area contributed by atoms with Crippen LogP contribution in [0.1, 0.15) is 37.7 Å². The number of nitrogens with one attached hydrogen (secondary N) is 1. The summed E-state index contributed by atoms with van der Waals surface area (Å²) in [7, 11) is 0. The third-order valence-electron chi connectivity index (χ3n) is 3.30. The number of hydrogen-bond donors (Lipinski definition) is 1.